The zero-order chi connectivity index (χ0) is 14.3. The molecule has 0 aromatic heterocycles. The summed E-state index contributed by atoms with van der Waals surface area (Å²) in [5.74, 6) is 0. The van der Waals surface area contributed by atoms with Crippen molar-refractivity contribution in [2.45, 2.75) is 56.0 Å². The van der Waals surface area contributed by atoms with Crippen molar-refractivity contribution in [3.8, 4) is 0 Å². The molecule has 0 amide bonds. The molecule has 2 N–H and O–H groups in total. The summed E-state index contributed by atoms with van der Waals surface area (Å²) in [6.45, 7) is 2.48. The maximum atomic E-state index is 12.8. The number of piperidine rings is 1. The monoisotopic (exact) mass is 294 g/mol. The average molecular weight is 294 g/mol. The molecule has 0 spiro atoms. The zero-order valence-corrected chi connectivity index (χ0v) is 12.7. The van der Waals surface area contributed by atoms with E-state index in [0.29, 0.717) is 11.4 Å². The molecule has 0 saturated carbocycles. The van der Waals surface area contributed by atoms with E-state index in [2.05, 4.69) is 0 Å². The summed E-state index contributed by atoms with van der Waals surface area (Å²) in [6.07, 6.45) is 4.69. The Kier molecular flexibility index (Phi) is 3.60. The van der Waals surface area contributed by atoms with Crippen LogP contribution in [-0.2, 0) is 22.9 Å². The maximum absolute atomic E-state index is 12.8. The largest absolute Gasteiger partial charge is 0.328 e. The number of hydrogen-bond acceptors (Lipinski definition) is 3. The van der Waals surface area contributed by atoms with Crippen molar-refractivity contribution in [3.63, 3.8) is 0 Å². The molecule has 20 heavy (non-hydrogen) atoms. The second-order valence-corrected chi connectivity index (χ2v) is 7.92. The van der Waals surface area contributed by atoms with Crippen LogP contribution in [0.15, 0.2) is 23.1 Å². The standard InChI is InChI=1S/C15H22N2O2S/c1-11-9-14(16)7-8-17(11)20(18,19)15-6-5-12-3-2-4-13(12)10-15/h5-6,10-11,14H,2-4,7-9,16H2,1H3. The topological polar surface area (TPSA) is 63.4 Å². The number of nitrogens with zero attached hydrogens (tertiary/aromatic N) is 1. The first kappa shape index (κ1) is 14.0. The van der Waals surface area contributed by atoms with Crippen LogP contribution in [0.5, 0.6) is 0 Å². The molecule has 3 rings (SSSR count). The summed E-state index contributed by atoms with van der Waals surface area (Å²) >= 11 is 0. The van der Waals surface area contributed by atoms with Crippen molar-refractivity contribution in [1.82, 2.24) is 4.31 Å². The highest BCUT2D eigenvalue weighted by molar-refractivity contribution is 7.89. The Morgan fingerprint density at radius 1 is 1.25 bits per heavy atom. The quantitative estimate of drug-likeness (QED) is 0.902. The highest BCUT2D eigenvalue weighted by Gasteiger charge is 2.33. The number of hydrogen-bond donors (Lipinski definition) is 1. The molecule has 1 fully saturated rings. The minimum Gasteiger partial charge on any atom is -0.328 e. The van der Waals surface area contributed by atoms with Gasteiger partial charge in [0.2, 0.25) is 10.0 Å². The highest BCUT2D eigenvalue weighted by Crippen LogP contribution is 2.29. The molecule has 1 aromatic rings. The van der Waals surface area contributed by atoms with Gasteiger partial charge in [0.05, 0.1) is 4.90 Å². The smallest absolute Gasteiger partial charge is 0.243 e. The van der Waals surface area contributed by atoms with Gasteiger partial charge in [-0.05, 0) is 62.3 Å². The average Bonchev–Trinajstić information content (AvgIpc) is 2.85. The van der Waals surface area contributed by atoms with Gasteiger partial charge >= 0.3 is 0 Å². The van der Waals surface area contributed by atoms with Gasteiger partial charge < -0.3 is 5.73 Å². The first-order chi connectivity index (χ1) is 9.48. The van der Waals surface area contributed by atoms with E-state index < -0.39 is 10.0 Å². The Morgan fingerprint density at radius 2 is 2.00 bits per heavy atom. The van der Waals surface area contributed by atoms with Crippen LogP contribution in [-0.4, -0.2) is 31.4 Å². The molecule has 0 radical (unpaired) electrons. The molecule has 2 aliphatic rings. The third kappa shape index (κ3) is 2.38. The molecule has 5 heteroatoms. The lowest BCUT2D eigenvalue weighted by molar-refractivity contribution is 0.247. The number of rotatable bonds is 2. The van der Waals surface area contributed by atoms with Gasteiger partial charge in [-0.1, -0.05) is 6.07 Å². The maximum Gasteiger partial charge on any atom is 0.243 e. The van der Waals surface area contributed by atoms with Crippen LogP contribution in [0.25, 0.3) is 0 Å². The van der Waals surface area contributed by atoms with Gasteiger partial charge in [0.1, 0.15) is 0 Å². The fourth-order valence-electron chi connectivity index (χ4n) is 3.39. The Labute approximate surface area is 121 Å². The molecule has 2 atom stereocenters. The highest BCUT2D eigenvalue weighted by atomic mass is 32.2. The molecular weight excluding hydrogens is 272 g/mol. The van der Waals surface area contributed by atoms with Crippen LogP contribution in [0, 0.1) is 0 Å². The predicted molar refractivity (Wildman–Crippen MR) is 79.0 cm³/mol. The second-order valence-electron chi connectivity index (χ2n) is 6.03. The van der Waals surface area contributed by atoms with Gasteiger partial charge in [-0.2, -0.15) is 4.31 Å². The van der Waals surface area contributed by atoms with Crippen molar-refractivity contribution >= 4 is 10.0 Å². The summed E-state index contributed by atoms with van der Waals surface area (Å²) in [7, 11) is -3.38. The van der Waals surface area contributed by atoms with E-state index in [1.165, 1.54) is 11.1 Å². The summed E-state index contributed by atoms with van der Waals surface area (Å²) < 4.78 is 27.2. The van der Waals surface area contributed by atoms with Crippen molar-refractivity contribution in [3.05, 3.63) is 29.3 Å². The van der Waals surface area contributed by atoms with Crippen molar-refractivity contribution in [1.29, 1.82) is 0 Å². The van der Waals surface area contributed by atoms with Crippen LogP contribution in [0.2, 0.25) is 0 Å². The number of benzene rings is 1. The lowest BCUT2D eigenvalue weighted by Gasteiger charge is -2.35. The van der Waals surface area contributed by atoms with Gasteiger partial charge in [-0.25, -0.2) is 8.42 Å². The van der Waals surface area contributed by atoms with Crippen LogP contribution < -0.4 is 5.73 Å². The van der Waals surface area contributed by atoms with Crippen LogP contribution in [0.3, 0.4) is 0 Å². The minimum atomic E-state index is -3.38. The summed E-state index contributed by atoms with van der Waals surface area (Å²) in [6, 6.07) is 5.73. The SMILES string of the molecule is CC1CC(N)CCN1S(=O)(=O)c1ccc2c(c1)CCC2. The fraction of sp³-hybridized carbons (Fsp3) is 0.600. The first-order valence-corrected chi connectivity index (χ1v) is 8.82. The molecule has 1 heterocycles. The third-order valence-electron chi connectivity index (χ3n) is 4.53. The molecule has 2 unspecified atom stereocenters. The second kappa shape index (κ2) is 5.13. The lowest BCUT2D eigenvalue weighted by Crippen LogP contribution is -2.48. The normalized spacial score (nSPS) is 27.5. The number of fused-ring (bicyclic) bond motifs is 1. The minimum absolute atomic E-state index is 0.0167. The van der Waals surface area contributed by atoms with Gasteiger partial charge in [0.25, 0.3) is 0 Å². The van der Waals surface area contributed by atoms with E-state index in [1.807, 2.05) is 19.1 Å². The zero-order valence-electron chi connectivity index (χ0n) is 11.9. The Hall–Kier alpha value is -0.910. The number of nitrogens with two attached hydrogens (primary N) is 1. The molecule has 1 aliphatic heterocycles. The molecule has 110 valence electrons. The Balaban J connectivity index is 1.92. The fourth-order valence-corrected chi connectivity index (χ4v) is 5.10. The molecule has 1 saturated heterocycles. The number of aryl methyl sites for hydroxylation is 2. The molecule has 4 nitrogen and oxygen atoms in total. The van der Waals surface area contributed by atoms with Crippen LogP contribution in [0.1, 0.15) is 37.3 Å². The van der Waals surface area contributed by atoms with Crippen molar-refractivity contribution < 1.29 is 8.42 Å². The Bertz CT molecular complexity index is 612. The van der Waals surface area contributed by atoms with E-state index in [9.17, 15) is 8.42 Å². The molecule has 1 aromatic carbocycles. The van der Waals surface area contributed by atoms with Gasteiger partial charge in [-0.3, -0.25) is 0 Å². The van der Waals surface area contributed by atoms with Crippen molar-refractivity contribution in [2.24, 2.45) is 5.73 Å². The molecule has 1 aliphatic carbocycles. The number of sulfonamides is 1. The predicted octanol–water partition coefficient (Wildman–Crippen LogP) is 1.68. The van der Waals surface area contributed by atoms with E-state index in [1.54, 1.807) is 10.4 Å². The van der Waals surface area contributed by atoms with E-state index in [0.717, 1.165) is 32.1 Å². The third-order valence-corrected chi connectivity index (χ3v) is 6.54. The van der Waals surface area contributed by atoms with E-state index >= 15 is 0 Å². The van der Waals surface area contributed by atoms with Crippen molar-refractivity contribution in [2.75, 3.05) is 6.54 Å². The van der Waals surface area contributed by atoms with Crippen LogP contribution in [0.4, 0.5) is 0 Å². The van der Waals surface area contributed by atoms with Gasteiger partial charge in [0.15, 0.2) is 0 Å². The summed E-state index contributed by atoms with van der Waals surface area (Å²) in [5, 5.41) is 0. The van der Waals surface area contributed by atoms with Gasteiger partial charge in [-0.15, -0.1) is 0 Å². The molecular formula is C15H22N2O2S. The summed E-state index contributed by atoms with van der Waals surface area (Å²) in [4.78, 5) is 0.445. The van der Waals surface area contributed by atoms with Crippen LogP contribution >= 0.6 is 0 Å². The summed E-state index contributed by atoms with van der Waals surface area (Å²) in [5.41, 5.74) is 8.43. The van der Waals surface area contributed by atoms with E-state index in [-0.39, 0.29) is 12.1 Å². The lowest BCUT2D eigenvalue weighted by atomic mass is 10.0. The van der Waals surface area contributed by atoms with Gasteiger partial charge in [0, 0.05) is 18.6 Å². The first-order valence-electron chi connectivity index (χ1n) is 7.38. The Morgan fingerprint density at radius 3 is 2.75 bits per heavy atom. The van der Waals surface area contributed by atoms with E-state index in [4.69, 9.17) is 5.73 Å². The molecule has 0 bridgehead atoms.